The van der Waals surface area contributed by atoms with Crippen LogP contribution in [0.15, 0.2) is 54.6 Å². The number of primary amides is 1. The molecule has 0 saturated carbocycles. The molecule has 3 aromatic rings. The number of rotatable bonds is 9. The van der Waals surface area contributed by atoms with Crippen molar-refractivity contribution in [1.29, 1.82) is 0 Å². The van der Waals surface area contributed by atoms with E-state index in [-0.39, 0.29) is 17.7 Å². The number of imidazole rings is 1. The van der Waals surface area contributed by atoms with Gasteiger partial charge in [0.25, 0.3) is 0 Å². The summed E-state index contributed by atoms with van der Waals surface area (Å²) >= 11 is 0. The third-order valence-electron chi connectivity index (χ3n) is 6.10. The molecule has 2 aromatic carbocycles. The van der Waals surface area contributed by atoms with Crippen LogP contribution in [0.3, 0.4) is 0 Å². The second kappa shape index (κ2) is 10.4. The van der Waals surface area contributed by atoms with E-state index >= 15 is 0 Å². The Morgan fingerprint density at radius 2 is 1.88 bits per heavy atom. The predicted octanol–water partition coefficient (Wildman–Crippen LogP) is 2.66. The summed E-state index contributed by atoms with van der Waals surface area (Å²) < 4.78 is 2.13. The normalized spacial score (nSPS) is 16.8. The monoisotopic (exact) mass is 433 g/mol. The van der Waals surface area contributed by atoms with Gasteiger partial charge in [0.05, 0.1) is 17.0 Å². The van der Waals surface area contributed by atoms with Crippen molar-refractivity contribution in [3.63, 3.8) is 0 Å². The van der Waals surface area contributed by atoms with Crippen molar-refractivity contribution in [1.82, 2.24) is 19.8 Å². The van der Waals surface area contributed by atoms with Crippen molar-refractivity contribution in [3.05, 3.63) is 60.4 Å². The third-order valence-corrected chi connectivity index (χ3v) is 6.10. The van der Waals surface area contributed by atoms with Gasteiger partial charge in [0.15, 0.2) is 0 Å². The molecule has 1 fully saturated rings. The Kier molecular flexibility index (Phi) is 7.17. The summed E-state index contributed by atoms with van der Waals surface area (Å²) in [5.74, 6) is 0.676. The van der Waals surface area contributed by atoms with Crippen molar-refractivity contribution >= 4 is 22.8 Å². The van der Waals surface area contributed by atoms with Gasteiger partial charge in [0, 0.05) is 31.6 Å². The van der Waals surface area contributed by atoms with E-state index in [2.05, 4.69) is 33.0 Å². The molecule has 1 atom stereocenters. The Labute approximate surface area is 188 Å². The standard InChI is InChI=1S/C25H31N5O2/c26-25(32)19-8-6-16-29(18-19)17-7-15-27-24(31)14-13-23-28-21-11-4-5-12-22(21)30(23)20-9-2-1-3-10-20/h1-5,9-12,19H,6-8,13-18H2,(H2,26,32)(H,27,31). The zero-order valence-electron chi connectivity index (χ0n) is 18.4. The number of hydrogen-bond donors (Lipinski definition) is 2. The average molecular weight is 434 g/mol. The van der Waals surface area contributed by atoms with Gasteiger partial charge >= 0.3 is 0 Å². The summed E-state index contributed by atoms with van der Waals surface area (Å²) in [6.07, 6.45) is 3.71. The maximum absolute atomic E-state index is 12.4. The maximum Gasteiger partial charge on any atom is 0.221 e. The van der Waals surface area contributed by atoms with Crippen LogP contribution in [-0.2, 0) is 16.0 Å². The highest BCUT2D eigenvalue weighted by molar-refractivity contribution is 5.79. The molecular formula is C25H31N5O2. The number of carbonyl (C=O) groups is 2. The first kappa shape index (κ1) is 22.0. The molecular weight excluding hydrogens is 402 g/mol. The first-order chi connectivity index (χ1) is 15.6. The molecule has 1 unspecified atom stereocenters. The molecule has 7 heteroatoms. The van der Waals surface area contributed by atoms with Gasteiger partial charge in [-0.15, -0.1) is 0 Å². The van der Waals surface area contributed by atoms with Crippen molar-refractivity contribution < 1.29 is 9.59 Å². The summed E-state index contributed by atoms with van der Waals surface area (Å²) in [5.41, 5.74) is 8.48. The topological polar surface area (TPSA) is 93.2 Å². The summed E-state index contributed by atoms with van der Waals surface area (Å²) in [4.78, 5) is 30.9. The molecule has 2 amide bonds. The lowest BCUT2D eigenvalue weighted by atomic mass is 9.97. The van der Waals surface area contributed by atoms with Crippen LogP contribution >= 0.6 is 0 Å². The number of likely N-dealkylation sites (tertiary alicyclic amines) is 1. The second-order valence-corrected chi connectivity index (χ2v) is 8.43. The van der Waals surface area contributed by atoms with Gasteiger partial charge in [-0.25, -0.2) is 4.98 Å². The Morgan fingerprint density at radius 1 is 1.09 bits per heavy atom. The number of aryl methyl sites for hydroxylation is 1. The van der Waals surface area contributed by atoms with Gasteiger partial charge in [-0.3, -0.25) is 14.2 Å². The van der Waals surface area contributed by atoms with Gasteiger partial charge in [0.1, 0.15) is 5.82 Å². The molecule has 32 heavy (non-hydrogen) atoms. The number of benzene rings is 2. The molecule has 1 saturated heterocycles. The van der Waals surface area contributed by atoms with E-state index in [9.17, 15) is 9.59 Å². The number of nitrogens with zero attached hydrogens (tertiary/aromatic N) is 3. The molecule has 7 nitrogen and oxygen atoms in total. The fourth-order valence-electron chi connectivity index (χ4n) is 4.44. The molecule has 168 valence electrons. The van der Waals surface area contributed by atoms with Crippen LogP contribution in [0.2, 0.25) is 0 Å². The van der Waals surface area contributed by atoms with E-state index in [1.165, 1.54) is 0 Å². The van der Waals surface area contributed by atoms with E-state index in [1.54, 1.807) is 0 Å². The zero-order valence-corrected chi connectivity index (χ0v) is 18.4. The van der Waals surface area contributed by atoms with E-state index in [0.29, 0.717) is 19.4 Å². The molecule has 0 spiro atoms. The molecule has 1 aliphatic heterocycles. The summed E-state index contributed by atoms with van der Waals surface area (Å²) in [6, 6.07) is 18.2. The van der Waals surface area contributed by atoms with Crippen LogP contribution in [0.5, 0.6) is 0 Å². The Hall–Kier alpha value is -3.19. The minimum atomic E-state index is -0.204. The molecule has 4 rings (SSSR count). The number of para-hydroxylation sites is 3. The van der Waals surface area contributed by atoms with Gasteiger partial charge in [-0.05, 0) is 56.6 Å². The highest BCUT2D eigenvalue weighted by atomic mass is 16.2. The minimum Gasteiger partial charge on any atom is -0.369 e. The van der Waals surface area contributed by atoms with Crippen molar-refractivity contribution in [3.8, 4) is 5.69 Å². The molecule has 1 aromatic heterocycles. The lowest BCUT2D eigenvalue weighted by Crippen LogP contribution is -2.42. The van der Waals surface area contributed by atoms with Crippen LogP contribution in [0.4, 0.5) is 0 Å². The van der Waals surface area contributed by atoms with E-state index in [4.69, 9.17) is 10.7 Å². The highest BCUT2D eigenvalue weighted by Gasteiger charge is 2.23. The lowest BCUT2D eigenvalue weighted by Gasteiger charge is -2.31. The number of amides is 2. The SMILES string of the molecule is NC(=O)C1CCCN(CCCNC(=O)CCc2nc3ccccc3n2-c2ccccc2)C1. The van der Waals surface area contributed by atoms with Crippen LogP contribution < -0.4 is 11.1 Å². The molecule has 3 N–H and O–H groups in total. The zero-order chi connectivity index (χ0) is 22.3. The number of nitrogens with two attached hydrogens (primary N) is 1. The van der Waals surface area contributed by atoms with Gasteiger partial charge in [-0.2, -0.15) is 0 Å². The highest BCUT2D eigenvalue weighted by Crippen LogP contribution is 2.22. The van der Waals surface area contributed by atoms with Gasteiger partial charge < -0.3 is 16.0 Å². The quantitative estimate of drug-likeness (QED) is 0.508. The Balaban J connectivity index is 1.29. The Bertz CT molecular complexity index is 1060. The van der Waals surface area contributed by atoms with Crippen LogP contribution in [0, 0.1) is 5.92 Å². The van der Waals surface area contributed by atoms with Crippen molar-refractivity contribution in [2.45, 2.75) is 32.1 Å². The Morgan fingerprint density at radius 3 is 2.69 bits per heavy atom. The first-order valence-corrected chi connectivity index (χ1v) is 11.4. The van der Waals surface area contributed by atoms with Crippen LogP contribution in [0.1, 0.15) is 31.5 Å². The molecule has 2 heterocycles. The van der Waals surface area contributed by atoms with E-state index in [0.717, 1.165) is 61.4 Å². The smallest absolute Gasteiger partial charge is 0.221 e. The summed E-state index contributed by atoms with van der Waals surface area (Å²) in [7, 11) is 0. The number of aromatic nitrogens is 2. The van der Waals surface area contributed by atoms with Crippen molar-refractivity contribution in [2.24, 2.45) is 11.7 Å². The van der Waals surface area contributed by atoms with E-state index < -0.39 is 0 Å². The lowest BCUT2D eigenvalue weighted by molar-refractivity contribution is -0.123. The molecule has 0 bridgehead atoms. The van der Waals surface area contributed by atoms with Crippen LogP contribution in [0.25, 0.3) is 16.7 Å². The number of hydrogen-bond acceptors (Lipinski definition) is 4. The fourth-order valence-corrected chi connectivity index (χ4v) is 4.44. The summed E-state index contributed by atoms with van der Waals surface area (Å²) in [5, 5.41) is 3.03. The number of nitrogens with one attached hydrogen (secondary N) is 1. The summed E-state index contributed by atoms with van der Waals surface area (Å²) in [6.45, 7) is 3.23. The largest absolute Gasteiger partial charge is 0.369 e. The molecule has 1 aliphatic rings. The van der Waals surface area contributed by atoms with E-state index in [1.807, 2.05) is 36.4 Å². The van der Waals surface area contributed by atoms with Crippen molar-refractivity contribution in [2.75, 3.05) is 26.2 Å². The second-order valence-electron chi connectivity index (χ2n) is 8.43. The third kappa shape index (κ3) is 5.34. The predicted molar refractivity (Wildman–Crippen MR) is 125 cm³/mol. The maximum atomic E-state index is 12.4. The minimum absolute atomic E-state index is 0.0327. The fraction of sp³-hybridized carbons (Fsp3) is 0.400. The number of piperidine rings is 1. The first-order valence-electron chi connectivity index (χ1n) is 11.4. The molecule has 0 radical (unpaired) electrons. The number of fused-ring (bicyclic) bond motifs is 1. The number of carbonyl (C=O) groups excluding carboxylic acids is 2. The molecule has 0 aliphatic carbocycles. The van der Waals surface area contributed by atoms with Gasteiger partial charge in [-0.1, -0.05) is 30.3 Å². The van der Waals surface area contributed by atoms with Gasteiger partial charge in [0.2, 0.25) is 11.8 Å². The average Bonchev–Trinajstić information content (AvgIpc) is 3.19. The van der Waals surface area contributed by atoms with Crippen LogP contribution in [-0.4, -0.2) is 52.4 Å².